The van der Waals surface area contributed by atoms with Crippen LogP contribution in [0.15, 0.2) is 24.3 Å². The molecule has 1 aromatic carbocycles. The van der Waals surface area contributed by atoms with E-state index in [4.69, 9.17) is 5.73 Å². The average molecular weight is 218 g/mol. The van der Waals surface area contributed by atoms with Crippen LogP contribution in [0.3, 0.4) is 0 Å². The summed E-state index contributed by atoms with van der Waals surface area (Å²) < 4.78 is 0. The van der Waals surface area contributed by atoms with E-state index in [0.29, 0.717) is 5.92 Å². The highest BCUT2D eigenvalue weighted by molar-refractivity contribution is 5.25. The normalized spacial score (nSPS) is 18.1. The Balaban J connectivity index is 1.90. The van der Waals surface area contributed by atoms with E-state index in [-0.39, 0.29) is 0 Å². The van der Waals surface area contributed by atoms with Gasteiger partial charge in [0.15, 0.2) is 0 Å². The Hall–Kier alpha value is -0.860. The van der Waals surface area contributed by atoms with Crippen LogP contribution in [0.2, 0.25) is 0 Å². The van der Waals surface area contributed by atoms with E-state index < -0.39 is 0 Å². The highest BCUT2D eigenvalue weighted by atomic mass is 14.9. The molecule has 1 saturated carbocycles. The highest BCUT2D eigenvalue weighted by Crippen LogP contribution is 2.20. The average Bonchev–Trinajstić information content (AvgIpc) is 2.24. The van der Waals surface area contributed by atoms with E-state index in [1.165, 1.54) is 30.4 Å². The van der Waals surface area contributed by atoms with E-state index in [1.54, 1.807) is 0 Å². The third-order valence-electron chi connectivity index (χ3n) is 3.59. The van der Waals surface area contributed by atoms with Crippen LogP contribution >= 0.6 is 0 Å². The van der Waals surface area contributed by atoms with Crippen molar-refractivity contribution in [2.75, 3.05) is 13.1 Å². The molecule has 0 radical (unpaired) electrons. The van der Waals surface area contributed by atoms with Gasteiger partial charge in [-0.25, -0.2) is 0 Å². The largest absolute Gasteiger partial charge is 0.330 e. The summed E-state index contributed by atoms with van der Waals surface area (Å²) in [5.74, 6) is 0.459. The first-order chi connectivity index (χ1) is 7.79. The lowest BCUT2D eigenvalue weighted by Crippen LogP contribution is -2.39. The zero-order valence-corrected chi connectivity index (χ0v) is 10.1. The predicted octanol–water partition coefficient (Wildman–Crippen LogP) is 2.18. The van der Waals surface area contributed by atoms with Crippen LogP contribution in [0, 0.1) is 6.92 Å². The van der Waals surface area contributed by atoms with Gasteiger partial charge in [0, 0.05) is 25.0 Å². The predicted molar refractivity (Wildman–Crippen MR) is 68.6 cm³/mol. The van der Waals surface area contributed by atoms with Crippen LogP contribution < -0.4 is 11.1 Å². The maximum Gasteiger partial charge on any atom is 0.00864 e. The summed E-state index contributed by atoms with van der Waals surface area (Å²) >= 11 is 0. The number of benzene rings is 1. The van der Waals surface area contributed by atoms with Crippen molar-refractivity contribution in [1.29, 1.82) is 0 Å². The molecular formula is C14H22N2. The van der Waals surface area contributed by atoms with Gasteiger partial charge in [0.2, 0.25) is 0 Å². The van der Waals surface area contributed by atoms with Crippen LogP contribution in [0.1, 0.15) is 36.3 Å². The molecule has 0 bridgehead atoms. The first-order valence-corrected chi connectivity index (χ1v) is 6.29. The van der Waals surface area contributed by atoms with E-state index >= 15 is 0 Å². The van der Waals surface area contributed by atoms with Gasteiger partial charge in [-0.05, 0) is 25.3 Å². The lowest BCUT2D eigenvalue weighted by atomic mass is 9.91. The maximum absolute atomic E-state index is 5.85. The van der Waals surface area contributed by atoms with E-state index in [2.05, 4.69) is 36.5 Å². The van der Waals surface area contributed by atoms with Crippen LogP contribution in [0.4, 0.5) is 0 Å². The summed E-state index contributed by atoms with van der Waals surface area (Å²) in [5, 5.41) is 3.60. The zero-order valence-electron chi connectivity index (χ0n) is 10.1. The standard InChI is InChI=1S/C14H22N2/c1-11-5-7-12(8-6-11)13(9-15)10-16-14-3-2-4-14/h5-8,13-14,16H,2-4,9-10,15H2,1H3. The third kappa shape index (κ3) is 2.83. The van der Waals surface area contributed by atoms with Gasteiger partial charge in [-0.3, -0.25) is 0 Å². The molecule has 0 saturated heterocycles. The second kappa shape index (κ2) is 5.46. The zero-order chi connectivity index (χ0) is 11.4. The molecule has 2 nitrogen and oxygen atoms in total. The van der Waals surface area contributed by atoms with Crippen molar-refractivity contribution >= 4 is 0 Å². The summed E-state index contributed by atoms with van der Waals surface area (Å²) in [6.07, 6.45) is 4.06. The minimum Gasteiger partial charge on any atom is -0.330 e. The summed E-state index contributed by atoms with van der Waals surface area (Å²) in [6, 6.07) is 9.49. The maximum atomic E-state index is 5.85. The van der Waals surface area contributed by atoms with Crippen molar-refractivity contribution in [1.82, 2.24) is 5.32 Å². The van der Waals surface area contributed by atoms with Gasteiger partial charge in [-0.1, -0.05) is 36.2 Å². The van der Waals surface area contributed by atoms with Gasteiger partial charge >= 0.3 is 0 Å². The molecule has 0 heterocycles. The topological polar surface area (TPSA) is 38.0 Å². The minimum absolute atomic E-state index is 0.459. The summed E-state index contributed by atoms with van der Waals surface area (Å²) in [4.78, 5) is 0. The summed E-state index contributed by atoms with van der Waals surface area (Å²) in [5.41, 5.74) is 8.52. The fourth-order valence-electron chi connectivity index (χ4n) is 2.10. The molecule has 1 aliphatic rings. The van der Waals surface area contributed by atoms with Crippen molar-refractivity contribution < 1.29 is 0 Å². The molecule has 16 heavy (non-hydrogen) atoms. The van der Waals surface area contributed by atoms with Crippen molar-refractivity contribution in [3.05, 3.63) is 35.4 Å². The molecule has 1 aliphatic carbocycles. The molecule has 3 N–H and O–H groups in total. The number of hydrogen-bond acceptors (Lipinski definition) is 2. The number of hydrogen-bond donors (Lipinski definition) is 2. The first kappa shape index (κ1) is 11.6. The van der Waals surface area contributed by atoms with Crippen LogP contribution in [-0.4, -0.2) is 19.1 Å². The molecule has 2 rings (SSSR count). The van der Waals surface area contributed by atoms with Gasteiger partial charge < -0.3 is 11.1 Å². The molecular weight excluding hydrogens is 196 g/mol. The highest BCUT2D eigenvalue weighted by Gasteiger charge is 2.18. The van der Waals surface area contributed by atoms with Gasteiger partial charge in [0.1, 0.15) is 0 Å². The Kier molecular flexibility index (Phi) is 3.97. The van der Waals surface area contributed by atoms with E-state index in [9.17, 15) is 0 Å². The molecule has 1 fully saturated rings. The van der Waals surface area contributed by atoms with Crippen molar-refractivity contribution in [3.63, 3.8) is 0 Å². The fraction of sp³-hybridized carbons (Fsp3) is 0.571. The number of rotatable bonds is 5. The van der Waals surface area contributed by atoms with Gasteiger partial charge in [-0.15, -0.1) is 0 Å². The molecule has 0 spiro atoms. The van der Waals surface area contributed by atoms with Crippen LogP contribution in [0.5, 0.6) is 0 Å². The Morgan fingerprint density at radius 2 is 2.00 bits per heavy atom. The van der Waals surface area contributed by atoms with Gasteiger partial charge in [0.25, 0.3) is 0 Å². The van der Waals surface area contributed by atoms with Gasteiger partial charge in [0.05, 0.1) is 0 Å². The minimum atomic E-state index is 0.459. The molecule has 1 atom stereocenters. The lowest BCUT2D eigenvalue weighted by Gasteiger charge is -2.28. The van der Waals surface area contributed by atoms with E-state index in [0.717, 1.165) is 19.1 Å². The molecule has 1 aromatic rings. The quantitative estimate of drug-likeness (QED) is 0.795. The van der Waals surface area contributed by atoms with E-state index in [1.807, 2.05) is 0 Å². The molecule has 2 heteroatoms. The van der Waals surface area contributed by atoms with Gasteiger partial charge in [-0.2, -0.15) is 0 Å². The molecule has 88 valence electrons. The number of aryl methyl sites for hydroxylation is 1. The molecule has 1 unspecified atom stereocenters. The lowest BCUT2D eigenvalue weighted by molar-refractivity contribution is 0.332. The second-order valence-corrected chi connectivity index (χ2v) is 4.88. The molecule has 0 aliphatic heterocycles. The van der Waals surface area contributed by atoms with Crippen molar-refractivity contribution in [2.24, 2.45) is 5.73 Å². The molecule has 0 aromatic heterocycles. The third-order valence-corrected chi connectivity index (χ3v) is 3.59. The summed E-state index contributed by atoms with van der Waals surface area (Å²) in [7, 11) is 0. The SMILES string of the molecule is Cc1ccc(C(CN)CNC2CCC2)cc1. The van der Waals surface area contributed by atoms with Crippen molar-refractivity contribution in [2.45, 2.75) is 38.1 Å². The number of nitrogens with two attached hydrogens (primary N) is 1. The Bertz CT molecular complexity index is 314. The molecule has 0 amide bonds. The monoisotopic (exact) mass is 218 g/mol. The smallest absolute Gasteiger partial charge is 0.00864 e. The summed E-state index contributed by atoms with van der Waals surface area (Å²) in [6.45, 7) is 3.86. The van der Waals surface area contributed by atoms with Crippen LogP contribution in [0.25, 0.3) is 0 Å². The first-order valence-electron chi connectivity index (χ1n) is 6.29. The van der Waals surface area contributed by atoms with Crippen molar-refractivity contribution in [3.8, 4) is 0 Å². The second-order valence-electron chi connectivity index (χ2n) is 4.88. The fourth-order valence-corrected chi connectivity index (χ4v) is 2.10. The number of nitrogens with one attached hydrogen (secondary N) is 1. The Morgan fingerprint density at radius 3 is 2.50 bits per heavy atom. The van der Waals surface area contributed by atoms with Crippen LogP contribution in [-0.2, 0) is 0 Å². The Labute approximate surface area is 98.2 Å². The Morgan fingerprint density at radius 1 is 1.31 bits per heavy atom.